The molecule has 2 aromatic heterocycles. The molecule has 0 fully saturated rings. The van der Waals surface area contributed by atoms with Gasteiger partial charge >= 0.3 is 0 Å². The Morgan fingerprint density at radius 3 is 1.91 bits per heavy atom. The van der Waals surface area contributed by atoms with Crippen molar-refractivity contribution in [1.29, 1.82) is 0 Å². The molecular formula is C49H43BIrN2O2-2. The topological polar surface area (TPSA) is 44.2 Å². The summed E-state index contributed by atoms with van der Waals surface area (Å²) in [4.78, 5) is 9.41. The quantitative estimate of drug-likeness (QED) is 0.131. The molecule has 9 rings (SSSR count). The van der Waals surface area contributed by atoms with E-state index in [1.807, 2.05) is 48.8 Å². The van der Waals surface area contributed by atoms with Gasteiger partial charge in [0.25, 0.3) is 0 Å². The van der Waals surface area contributed by atoms with E-state index in [1.54, 1.807) is 0 Å². The fourth-order valence-corrected chi connectivity index (χ4v) is 7.73. The first-order valence-corrected chi connectivity index (χ1v) is 18.6. The van der Waals surface area contributed by atoms with E-state index in [1.165, 1.54) is 38.9 Å². The van der Waals surface area contributed by atoms with Crippen molar-refractivity contribution in [3.8, 4) is 56.6 Å². The molecule has 4 heterocycles. The van der Waals surface area contributed by atoms with Crippen LogP contribution in [-0.2, 0) is 25.5 Å². The summed E-state index contributed by atoms with van der Waals surface area (Å²) in [5, 5.41) is 0. The number of aryl methyl sites for hydroxylation is 5. The Morgan fingerprint density at radius 1 is 0.582 bits per heavy atom. The van der Waals surface area contributed by atoms with Crippen molar-refractivity contribution in [2.75, 3.05) is 0 Å². The van der Waals surface area contributed by atoms with Crippen LogP contribution in [0.4, 0.5) is 0 Å². The van der Waals surface area contributed by atoms with Crippen molar-refractivity contribution < 1.29 is 29.6 Å². The van der Waals surface area contributed by atoms with E-state index in [4.69, 9.17) is 14.5 Å². The number of ether oxygens (including phenoxy) is 2. The van der Waals surface area contributed by atoms with Gasteiger partial charge in [-0.25, -0.2) is 0 Å². The summed E-state index contributed by atoms with van der Waals surface area (Å²) in [6.45, 7) is 17.3. The van der Waals surface area contributed by atoms with Crippen LogP contribution in [0.25, 0.3) is 33.6 Å². The maximum Gasteiger partial charge on any atom is 0.239 e. The number of para-hydroxylation sites is 2. The molecule has 0 saturated carbocycles. The first-order chi connectivity index (χ1) is 26.0. The monoisotopic (exact) mass is 895 g/mol. The molecule has 0 saturated heterocycles. The number of fused-ring (bicyclic) bond motifs is 4. The second-order valence-corrected chi connectivity index (χ2v) is 15.6. The molecule has 7 aromatic rings. The van der Waals surface area contributed by atoms with E-state index in [2.05, 4.69) is 139 Å². The van der Waals surface area contributed by atoms with E-state index >= 15 is 0 Å². The summed E-state index contributed by atoms with van der Waals surface area (Å²) in [5.41, 5.74) is 17.1. The summed E-state index contributed by atoms with van der Waals surface area (Å²) < 4.78 is 12.9. The number of hydrogen-bond donors (Lipinski definition) is 0. The molecule has 2 aliphatic heterocycles. The van der Waals surface area contributed by atoms with E-state index in [0.29, 0.717) is 0 Å². The van der Waals surface area contributed by atoms with Crippen LogP contribution in [0.1, 0.15) is 54.2 Å². The van der Waals surface area contributed by atoms with Gasteiger partial charge in [-0.15, -0.1) is 47.5 Å². The van der Waals surface area contributed by atoms with Crippen molar-refractivity contribution >= 4 is 23.1 Å². The summed E-state index contributed by atoms with van der Waals surface area (Å²) >= 11 is 0. The zero-order chi connectivity index (χ0) is 37.7. The molecule has 0 aliphatic carbocycles. The Bertz CT molecular complexity index is 2550. The first kappa shape index (κ1) is 38.0. The van der Waals surface area contributed by atoms with Crippen molar-refractivity contribution in [3.05, 3.63) is 161 Å². The first-order valence-electron chi connectivity index (χ1n) is 18.6. The number of benzene rings is 5. The Kier molecular flexibility index (Phi) is 10.4. The van der Waals surface area contributed by atoms with Crippen LogP contribution < -0.4 is 25.9 Å². The Balaban J connectivity index is 0.000000208. The van der Waals surface area contributed by atoms with Crippen LogP contribution in [0.2, 0.25) is 0 Å². The van der Waals surface area contributed by atoms with Crippen molar-refractivity contribution in [1.82, 2.24) is 9.97 Å². The maximum atomic E-state index is 6.59. The van der Waals surface area contributed by atoms with Crippen molar-refractivity contribution in [2.24, 2.45) is 0 Å². The molecule has 1 radical (unpaired) electrons. The van der Waals surface area contributed by atoms with Crippen molar-refractivity contribution in [2.45, 2.75) is 60.8 Å². The Morgan fingerprint density at radius 2 is 1.25 bits per heavy atom. The molecule has 55 heavy (non-hydrogen) atoms. The van der Waals surface area contributed by atoms with Gasteiger partial charge in [0.15, 0.2) is 0 Å². The molecule has 6 heteroatoms. The van der Waals surface area contributed by atoms with Gasteiger partial charge in [0.2, 0.25) is 6.71 Å². The average Bonchev–Trinajstić information content (AvgIpc) is 3.15. The SMILES string of the molecule is Cc1c[c-]c(-c2cc(C)c(C(C)(C)C)cn2)cc1.Cc1ccc(-c2cc(-c3[c-]cc4c5c3Oc3ccccc3B5c3ccccc3O4)ncc2C)c(C)c1.[Ir]. The van der Waals surface area contributed by atoms with Crippen LogP contribution in [-0.4, -0.2) is 16.7 Å². The molecule has 2 aliphatic rings. The standard InChI is InChI=1S/C32H23BNO2.C17H20N.Ir/c1-19-12-13-22(20(2)16-19)24-17-27(34-18-21(24)3)23-14-15-30-31-32(23)36-29-11-7-5-9-26(29)33(31)25-8-4-6-10-28(25)35-30;1-12-6-8-14(9-7-12)16-10-13(2)15(11-18-16)17(3,4)5;/h4-13,15-18H,1-3H3;6-8,10-11H,1-5H3;/q2*-1;. The molecule has 0 amide bonds. The summed E-state index contributed by atoms with van der Waals surface area (Å²) in [7, 11) is 0. The van der Waals surface area contributed by atoms with E-state index in [0.717, 1.165) is 67.5 Å². The predicted octanol–water partition coefficient (Wildman–Crippen LogP) is 10.3. The number of pyridine rings is 2. The predicted molar refractivity (Wildman–Crippen MR) is 223 cm³/mol. The molecule has 275 valence electrons. The van der Waals surface area contributed by atoms with Gasteiger partial charge in [-0.3, -0.25) is 0 Å². The summed E-state index contributed by atoms with van der Waals surface area (Å²) in [6.07, 6.45) is 3.95. The summed E-state index contributed by atoms with van der Waals surface area (Å²) in [6, 6.07) is 42.3. The number of rotatable bonds is 3. The second-order valence-electron chi connectivity index (χ2n) is 15.6. The van der Waals surface area contributed by atoms with Crippen LogP contribution >= 0.6 is 0 Å². The zero-order valence-electron chi connectivity index (χ0n) is 32.6. The second kappa shape index (κ2) is 15.1. The molecule has 5 aromatic carbocycles. The van der Waals surface area contributed by atoms with Crippen LogP contribution in [0.5, 0.6) is 23.0 Å². The third-order valence-electron chi connectivity index (χ3n) is 10.5. The molecule has 0 bridgehead atoms. The smallest absolute Gasteiger partial charge is 0.239 e. The van der Waals surface area contributed by atoms with Gasteiger partial charge in [-0.2, -0.15) is 0 Å². The minimum atomic E-state index is 0. The van der Waals surface area contributed by atoms with Crippen LogP contribution in [0.15, 0.2) is 116 Å². The van der Waals surface area contributed by atoms with Gasteiger partial charge in [0.05, 0.1) is 0 Å². The minimum Gasteiger partial charge on any atom is -0.503 e. The maximum absolute atomic E-state index is 6.59. The van der Waals surface area contributed by atoms with Crippen molar-refractivity contribution in [3.63, 3.8) is 0 Å². The van der Waals surface area contributed by atoms with Gasteiger partial charge in [-0.05, 0) is 95.4 Å². The molecule has 0 unspecified atom stereocenters. The fraction of sp³-hybridized carbons (Fsp3) is 0.184. The van der Waals surface area contributed by atoms with Gasteiger partial charge in [-0.1, -0.05) is 117 Å². The molecule has 4 nitrogen and oxygen atoms in total. The summed E-state index contributed by atoms with van der Waals surface area (Å²) in [5.74, 6) is 3.30. The number of nitrogens with zero attached hydrogens (tertiary/aromatic N) is 2. The fourth-order valence-electron chi connectivity index (χ4n) is 7.73. The third-order valence-corrected chi connectivity index (χ3v) is 10.5. The average molecular weight is 895 g/mol. The van der Waals surface area contributed by atoms with E-state index < -0.39 is 0 Å². The van der Waals surface area contributed by atoms with Crippen LogP contribution in [0.3, 0.4) is 0 Å². The largest absolute Gasteiger partial charge is 0.503 e. The minimum absolute atomic E-state index is 0. The number of hydrogen-bond acceptors (Lipinski definition) is 4. The van der Waals surface area contributed by atoms with Gasteiger partial charge in [0, 0.05) is 44.0 Å². The van der Waals surface area contributed by atoms with E-state index in [-0.39, 0.29) is 32.2 Å². The third kappa shape index (κ3) is 7.30. The molecule has 0 atom stereocenters. The van der Waals surface area contributed by atoms with E-state index in [9.17, 15) is 0 Å². The molecule has 0 spiro atoms. The Labute approximate surface area is 339 Å². The van der Waals surface area contributed by atoms with Gasteiger partial charge < -0.3 is 19.4 Å². The normalized spacial score (nSPS) is 12.1. The Hall–Kier alpha value is -5.29. The van der Waals surface area contributed by atoms with Crippen LogP contribution in [0, 0.1) is 46.8 Å². The van der Waals surface area contributed by atoms with Gasteiger partial charge in [0.1, 0.15) is 11.5 Å². The molecular weight excluding hydrogens is 852 g/mol. The zero-order valence-corrected chi connectivity index (χ0v) is 35.0. The number of aromatic nitrogens is 2. The molecule has 0 N–H and O–H groups in total.